The summed E-state index contributed by atoms with van der Waals surface area (Å²) in [6.45, 7) is 7.91. The van der Waals surface area contributed by atoms with Gasteiger partial charge in [0.2, 0.25) is 0 Å². The number of hydrogen-bond acceptors (Lipinski definition) is 5. The van der Waals surface area contributed by atoms with Crippen molar-refractivity contribution in [1.82, 2.24) is 25.5 Å². The predicted octanol–water partition coefficient (Wildman–Crippen LogP) is 0.959. The average molecular weight is 368 g/mol. The maximum Gasteiger partial charge on any atom is 0.269 e. The lowest BCUT2D eigenvalue weighted by Gasteiger charge is -2.31. The molecule has 1 fully saturated rings. The molecule has 144 valence electrons. The normalized spacial score (nSPS) is 22.8. The van der Waals surface area contributed by atoms with Gasteiger partial charge in [0, 0.05) is 56.8 Å². The second-order valence-corrected chi connectivity index (χ2v) is 7.87. The molecule has 27 heavy (non-hydrogen) atoms. The Morgan fingerprint density at radius 2 is 2.19 bits per heavy atom. The minimum absolute atomic E-state index is 0.288. The van der Waals surface area contributed by atoms with E-state index in [4.69, 9.17) is 5.73 Å². The zero-order chi connectivity index (χ0) is 19.1. The summed E-state index contributed by atoms with van der Waals surface area (Å²) < 4.78 is 1.81. The van der Waals surface area contributed by atoms with Crippen molar-refractivity contribution in [2.45, 2.75) is 32.9 Å². The van der Waals surface area contributed by atoms with Crippen LogP contribution in [0.3, 0.4) is 0 Å². The molecule has 2 atom stereocenters. The van der Waals surface area contributed by atoms with Crippen LogP contribution in [0.25, 0.3) is 0 Å². The lowest BCUT2D eigenvalue weighted by molar-refractivity contribution is 0.0992. The van der Waals surface area contributed by atoms with Crippen molar-refractivity contribution in [3.05, 3.63) is 51.8 Å². The van der Waals surface area contributed by atoms with Gasteiger partial charge in [0.15, 0.2) is 5.69 Å². The SMILES string of the molecule is Cc1ccc(C)c(C2NNCC2CN2CCc3c(c(C(N)=O)nn3C)C2)c1. The molecular weight excluding hydrogens is 340 g/mol. The van der Waals surface area contributed by atoms with Gasteiger partial charge in [-0.3, -0.25) is 19.8 Å². The molecule has 1 amide bonds. The molecule has 0 radical (unpaired) electrons. The second kappa shape index (κ2) is 7.07. The molecule has 0 spiro atoms. The molecule has 0 bridgehead atoms. The van der Waals surface area contributed by atoms with Crippen molar-refractivity contribution < 1.29 is 4.79 Å². The van der Waals surface area contributed by atoms with Gasteiger partial charge in [-0.05, 0) is 25.0 Å². The first-order valence-corrected chi connectivity index (χ1v) is 9.56. The van der Waals surface area contributed by atoms with Crippen molar-refractivity contribution in [2.75, 3.05) is 19.6 Å². The van der Waals surface area contributed by atoms with Gasteiger partial charge in [-0.15, -0.1) is 0 Å². The highest BCUT2D eigenvalue weighted by molar-refractivity contribution is 5.92. The Hall–Kier alpha value is -2.22. The average Bonchev–Trinajstić information content (AvgIpc) is 3.22. The molecule has 2 aliphatic rings. The van der Waals surface area contributed by atoms with Gasteiger partial charge in [-0.2, -0.15) is 5.10 Å². The zero-order valence-electron chi connectivity index (χ0n) is 16.2. The molecule has 7 nitrogen and oxygen atoms in total. The van der Waals surface area contributed by atoms with Crippen molar-refractivity contribution >= 4 is 5.91 Å². The van der Waals surface area contributed by atoms with E-state index in [1.165, 1.54) is 16.7 Å². The first-order chi connectivity index (χ1) is 12.9. The number of nitrogens with two attached hydrogens (primary N) is 1. The van der Waals surface area contributed by atoms with Gasteiger partial charge in [-0.1, -0.05) is 23.8 Å². The highest BCUT2D eigenvalue weighted by Gasteiger charge is 2.33. The van der Waals surface area contributed by atoms with E-state index in [0.717, 1.165) is 43.9 Å². The Morgan fingerprint density at radius 3 is 2.96 bits per heavy atom. The summed E-state index contributed by atoms with van der Waals surface area (Å²) >= 11 is 0. The Labute approximate surface area is 159 Å². The number of primary amides is 1. The van der Waals surface area contributed by atoms with Crippen molar-refractivity contribution in [2.24, 2.45) is 18.7 Å². The molecular formula is C20H28N6O. The summed E-state index contributed by atoms with van der Waals surface area (Å²) in [5.41, 5.74) is 18.9. The molecule has 7 heteroatoms. The Balaban J connectivity index is 1.53. The second-order valence-electron chi connectivity index (χ2n) is 7.87. The number of nitrogens with zero attached hydrogens (tertiary/aromatic N) is 3. The van der Waals surface area contributed by atoms with Crippen LogP contribution in [-0.2, 0) is 20.0 Å². The molecule has 0 aliphatic carbocycles. The summed E-state index contributed by atoms with van der Waals surface area (Å²) in [5.74, 6) is 0.0203. The van der Waals surface area contributed by atoms with Crippen molar-refractivity contribution in [3.63, 3.8) is 0 Å². The van der Waals surface area contributed by atoms with E-state index < -0.39 is 5.91 Å². The highest BCUT2D eigenvalue weighted by Crippen LogP contribution is 2.30. The summed E-state index contributed by atoms with van der Waals surface area (Å²) in [6, 6.07) is 6.93. The Morgan fingerprint density at radius 1 is 1.37 bits per heavy atom. The molecule has 3 heterocycles. The monoisotopic (exact) mass is 368 g/mol. The summed E-state index contributed by atoms with van der Waals surface area (Å²) in [6.07, 6.45) is 0.897. The van der Waals surface area contributed by atoms with E-state index in [0.29, 0.717) is 11.6 Å². The third-order valence-electron chi connectivity index (χ3n) is 5.91. The fraction of sp³-hybridized carbons (Fsp3) is 0.500. The van der Waals surface area contributed by atoms with Gasteiger partial charge >= 0.3 is 0 Å². The van der Waals surface area contributed by atoms with Crippen LogP contribution in [0, 0.1) is 19.8 Å². The fourth-order valence-corrected chi connectivity index (χ4v) is 4.47. The van der Waals surface area contributed by atoms with Crippen molar-refractivity contribution in [3.8, 4) is 0 Å². The first-order valence-electron chi connectivity index (χ1n) is 9.56. The molecule has 2 aliphatic heterocycles. The Kier molecular flexibility index (Phi) is 4.75. The largest absolute Gasteiger partial charge is 0.364 e. The number of carbonyl (C=O) groups is 1. The number of aromatic nitrogens is 2. The molecule has 4 N–H and O–H groups in total. The number of rotatable bonds is 4. The van der Waals surface area contributed by atoms with E-state index in [1.54, 1.807) is 0 Å². The maximum atomic E-state index is 11.8. The minimum atomic E-state index is -0.439. The molecule has 1 aromatic heterocycles. The molecule has 1 aromatic carbocycles. The summed E-state index contributed by atoms with van der Waals surface area (Å²) in [4.78, 5) is 14.2. The van der Waals surface area contributed by atoms with Crippen LogP contribution in [0.1, 0.15) is 44.5 Å². The lowest BCUT2D eigenvalue weighted by Crippen LogP contribution is -2.37. The standard InChI is InChI=1S/C20H28N6O/c1-12-4-5-13(2)15(8-12)18-14(9-22-23-18)10-26-7-6-17-16(11-26)19(20(21)27)24-25(17)3/h4-5,8,14,18,22-23H,6-7,9-11H2,1-3H3,(H2,21,27). The number of hydrogen-bond donors (Lipinski definition) is 3. The highest BCUT2D eigenvalue weighted by atomic mass is 16.1. The van der Waals surface area contributed by atoms with Crippen LogP contribution in [0.4, 0.5) is 0 Å². The van der Waals surface area contributed by atoms with Crippen LogP contribution in [-0.4, -0.2) is 40.2 Å². The summed E-state index contributed by atoms with van der Waals surface area (Å²) in [5, 5.41) is 4.33. The molecule has 4 rings (SSSR count). The smallest absolute Gasteiger partial charge is 0.269 e. The molecule has 1 saturated heterocycles. The predicted molar refractivity (Wildman–Crippen MR) is 104 cm³/mol. The van der Waals surface area contributed by atoms with Gasteiger partial charge in [0.05, 0.1) is 6.04 Å². The molecule has 0 saturated carbocycles. The van der Waals surface area contributed by atoms with Gasteiger partial charge < -0.3 is 5.73 Å². The quantitative estimate of drug-likeness (QED) is 0.748. The van der Waals surface area contributed by atoms with Crippen LogP contribution in [0.15, 0.2) is 18.2 Å². The lowest BCUT2D eigenvalue weighted by atomic mass is 9.90. The van der Waals surface area contributed by atoms with Crippen molar-refractivity contribution in [1.29, 1.82) is 0 Å². The number of hydrazine groups is 1. The molecule has 2 aromatic rings. The van der Waals surface area contributed by atoms with E-state index in [2.05, 4.69) is 52.9 Å². The van der Waals surface area contributed by atoms with E-state index in [-0.39, 0.29) is 6.04 Å². The fourth-order valence-electron chi connectivity index (χ4n) is 4.47. The zero-order valence-corrected chi connectivity index (χ0v) is 16.2. The van der Waals surface area contributed by atoms with Crippen LogP contribution in [0.2, 0.25) is 0 Å². The van der Waals surface area contributed by atoms with Gasteiger partial charge in [0.25, 0.3) is 5.91 Å². The number of aryl methyl sites for hydroxylation is 3. The summed E-state index contributed by atoms with van der Waals surface area (Å²) in [7, 11) is 1.89. The van der Waals surface area contributed by atoms with E-state index >= 15 is 0 Å². The maximum absolute atomic E-state index is 11.8. The third kappa shape index (κ3) is 3.38. The minimum Gasteiger partial charge on any atom is -0.364 e. The number of carbonyl (C=O) groups excluding carboxylic acids is 1. The molecule has 2 unspecified atom stereocenters. The van der Waals surface area contributed by atoms with Gasteiger partial charge in [0.1, 0.15) is 0 Å². The third-order valence-corrected chi connectivity index (χ3v) is 5.91. The van der Waals surface area contributed by atoms with Crippen LogP contribution >= 0.6 is 0 Å². The Bertz CT molecular complexity index is 874. The first kappa shape index (κ1) is 18.2. The van der Waals surface area contributed by atoms with Crippen LogP contribution < -0.4 is 16.6 Å². The number of benzene rings is 1. The number of amides is 1. The topological polar surface area (TPSA) is 88.2 Å². The van der Waals surface area contributed by atoms with E-state index in [9.17, 15) is 4.79 Å². The number of fused-ring (bicyclic) bond motifs is 1. The number of nitrogens with one attached hydrogen (secondary N) is 2. The van der Waals surface area contributed by atoms with Crippen LogP contribution in [0.5, 0.6) is 0 Å². The van der Waals surface area contributed by atoms with E-state index in [1.807, 2.05) is 11.7 Å². The van der Waals surface area contributed by atoms with Gasteiger partial charge in [-0.25, -0.2) is 5.43 Å².